The molecule has 3 heterocycles. The number of ether oxygens (including phenoxy) is 1. The number of H-pyrrole nitrogens is 1. The molecule has 1 aliphatic heterocycles. The van der Waals surface area contributed by atoms with E-state index >= 15 is 0 Å². The second kappa shape index (κ2) is 8.99. The highest BCUT2D eigenvalue weighted by atomic mass is 16.5. The Kier molecular flexibility index (Phi) is 5.93. The van der Waals surface area contributed by atoms with E-state index in [1.165, 1.54) is 12.8 Å². The molecule has 1 saturated carbocycles. The van der Waals surface area contributed by atoms with Gasteiger partial charge in [0.2, 0.25) is 0 Å². The summed E-state index contributed by atoms with van der Waals surface area (Å²) in [7, 11) is 1.63. The molecule has 9 nitrogen and oxygen atoms in total. The largest absolute Gasteiger partial charge is 0.497 e. The Hall–Kier alpha value is -2.78. The van der Waals surface area contributed by atoms with E-state index < -0.39 is 0 Å². The van der Waals surface area contributed by atoms with Gasteiger partial charge in [-0.1, -0.05) is 19.8 Å². The second-order valence-corrected chi connectivity index (χ2v) is 8.80. The van der Waals surface area contributed by atoms with Crippen LogP contribution in [0.5, 0.6) is 5.75 Å². The predicted molar refractivity (Wildman–Crippen MR) is 122 cm³/mol. The SMILES string of the molecule is CCN1CCN([C@@H](c2cc3ccc(OC)cc3[nH]c2=O)c2nnnn2C2CCCC2)CC1. The van der Waals surface area contributed by atoms with Crippen LogP contribution in [0.1, 0.15) is 56.1 Å². The van der Waals surface area contributed by atoms with Crippen molar-refractivity contribution in [1.29, 1.82) is 0 Å². The lowest BCUT2D eigenvalue weighted by Gasteiger charge is -2.38. The normalized spacial score (nSPS) is 19.6. The van der Waals surface area contributed by atoms with E-state index in [0.29, 0.717) is 11.6 Å². The van der Waals surface area contributed by atoms with E-state index in [9.17, 15) is 4.79 Å². The van der Waals surface area contributed by atoms with Crippen molar-refractivity contribution < 1.29 is 4.74 Å². The monoisotopic (exact) mass is 437 g/mol. The molecule has 1 atom stereocenters. The van der Waals surface area contributed by atoms with Crippen LogP contribution < -0.4 is 10.3 Å². The third-order valence-corrected chi connectivity index (χ3v) is 7.03. The molecule has 3 aromatic rings. The first kappa shape index (κ1) is 21.1. The van der Waals surface area contributed by atoms with Gasteiger partial charge >= 0.3 is 0 Å². The number of pyridine rings is 1. The number of piperazine rings is 1. The number of methoxy groups -OCH3 is 1. The summed E-state index contributed by atoms with van der Waals surface area (Å²) >= 11 is 0. The molecule has 5 rings (SSSR count). The molecule has 2 fully saturated rings. The Bertz CT molecular complexity index is 1130. The van der Waals surface area contributed by atoms with E-state index in [4.69, 9.17) is 4.74 Å². The zero-order valence-corrected chi connectivity index (χ0v) is 18.8. The highest BCUT2D eigenvalue weighted by Crippen LogP contribution is 2.34. The molecule has 0 amide bonds. The first-order valence-electron chi connectivity index (χ1n) is 11.6. The lowest BCUT2D eigenvalue weighted by Crippen LogP contribution is -2.49. The second-order valence-electron chi connectivity index (χ2n) is 8.80. The van der Waals surface area contributed by atoms with Gasteiger partial charge in [0.05, 0.1) is 18.7 Å². The summed E-state index contributed by atoms with van der Waals surface area (Å²) in [5, 5.41) is 13.9. The maximum Gasteiger partial charge on any atom is 0.253 e. The number of tetrazole rings is 1. The summed E-state index contributed by atoms with van der Waals surface area (Å²) < 4.78 is 7.31. The number of benzene rings is 1. The fourth-order valence-electron chi connectivity index (χ4n) is 5.15. The van der Waals surface area contributed by atoms with Crippen molar-refractivity contribution in [3.8, 4) is 5.75 Å². The van der Waals surface area contributed by atoms with Gasteiger partial charge in [-0.15, -0.1) is 5.10 Å². The number of hydrogen-bond acceptors (Lipinski definition) is 7. The molecule has 1 N–H and O–H groups in total. The average molecular weight is 438 g/mol. The van der Waals surface area contributed by atoms with Crippen molar-refractivity contribution in [1.82, 2.24) is 35.0 Å². The van der Waals surface area contributed by atoms with Gasteiger partial charge in [0.15, 0.2) is 5.82 Å². The van der Waals surface area contributed by atoms with Crippen LogP contribution in [-0.2, 0) is 0 Å². The fraction of sp³-hybridized carbons (Fsp3) is 0.565. The standard InChI is InChI=1S/C23H31N7O2/c1-3-28-10-12-29(13-11-28)21(22-25-26-27-30(22)17-6-4-5-7-17)19-14-16-8-9-18(32-2)15-20(16)24-23(19)31/h8-9,14-15,17,21H,3-7,10-13H2,1-2H3,(H,24,31)/t21-/m0/s1. The van der Waals surface area contributed by atoms with Crippen molar-refractivity contribution in [3.63, 3.8) is 0 Å². The molecular formula is C23H31N7O2. The number of nitrogens with one attached hydrogen (secondary N) is 1. The highest BCUT2D eigenvalue weighted by Gasteiger charge is 2.34. The maximum absolute atomic E-state index is 13.4. The van der Waals surface area contributed by atoms with Crippen LogP contribution in [0.2, 0.25) is 0 Å². The van der Waals surface area contributed by atoms with Crippen LogP contribution in [-0.4, -0.2) is 74.8 Å². The molecule has 32 heavy (non-hydrogen) atoms. The summed E-state index contributed by atoms with van der Waals surface area (Å²) in [6, 6.07) is 7.79. The molecule has 0 unspecified atom stereocenters. The molecule has 1 aliphatic carbocycles. The maximum atomic E-state index is 13.4. The molecule has 0 spiro atoms. The quantitative estimate of drug-likeness (QED) is 0.633. The molecule has 9 heteroatoms. The lowest BCUT2D eigenvalue weighted by molar-refractivity contribution is 0.107. The van der Waals surface area contributed by atoms with Crippen molar-refractivity contribution >= 4 is 10.9 Å². The number of aromatic amines is 1. The summed E-state index contributed by atoms with van der Waals surface area (Å²) in [5.41, 5.74) is 1.36. The Morgan fingerprint density at radius 3 is 2.66 bits per heavy atom. The zero-order valence-electron chi connectivity index (χ0n) is 18.8. The minimum absolute atomic E-state index is 0.102. The molecule has 0 radical (unpaired) electrons. The van der Waals surface area contributed by atoms with Gasteiger partial charge in [-0.25, -0.2) is 4.68 Å². The van der Waals surface area contributed by atoms with Gasteiger partial charge < -0.3 is 14.6 Å². The lowest BCUT2D eigenvalue weighted by atomic mass is 10.0. The number of nitrogens with zero attached hydrogens (tertiary/aromatic N) is 6. The van der Waals surface area contributed by atoms with Gasteiger partial charge in [0.25, 0.3) is 5.56 Å². The van der Waals surface area contributed by atoms with Crippen LogP contribution in [0.4, 0.5) is 0 Å². The third kappa shape index (κ3) is 3.91. The number of hydrogen-bond donors (Lipinski definition) is 1. The van der Waals surface area contributed by atoms with Gasteiger partial charge in [0.1, 0.15) is 11.8 Å². The smallest absolute Gasteiger partial charge is 0.253 e. The van der Waals surface area contributed by atoms with Crippen molar-refractivity contribution in [2.24, 2.45) is 0 Å². The van der Waals surface area contributed by atoms with Crippen LogP contribution in [0, 0.1) is 0 Å². The molecule has 0 bridgehead atoms. The van der Waals surface area contributed by atoms with Crippen LogP contribution in [0.25, 0.3) is 10.9 Å². The van der Waals surface area contributed by atoms with Crippen LogP contribution in [0.3, 0.4) is 0 Å². The Balaban J connectivity index is 1.60. The van der Waals surface area contributed by atoms with E-state index in [2.05, 4.69) is 37.2 Å². The molecule has 1 aromatic carbocycles. The fourth-order valence-corrected chi connectivity index (χ4v) is 5.15. The van der Waals surface area contributed by atoms with E-state index in [-0.39, 0.29) is 11.6 Å². The Morgan fingerprint density at radius 2 is 1.94 bits per heavy atom. The predicted octanol–water partition coefficient (Wildman–Crippen LogP) is 2.37. The van der Waals surface area contributed by atoms with E-state index in [0.717, 1.165) is 68.0 Å². The number of aromatic nitrogens is 5. The van der Waals surface area contributed by atoms with Gasteiger partial charge in [0, 0.05) is 37.8 Å². The summed E-state index contributed by atoms with van der Waals surface area (Å²) in [6.07, 6.45) is 4.56. The molecule has 1 saturated heterocycles. The number of likely N-dealkylation sites (N-methyl/N-ethyl adjacent to an activating group) is 1. The van der Waals surface area contributed by atoms with Crippen LogP contribution >= 0.6 is 0 Å². The minimum Gasteiger partial charge on any atom is -0.497 e. The summed E-state index contributed by atoms with van der Waals surface area (Å²) in [4.78, 5) is 21.2. The first-order valence-corrected chi connectivity index (χ1v) is 11.6. The summed E-state index contributed by atoms with van der Waals surface area (Å²) in [5.74, 6) is 1.50. The van der Waals surface area contributed by atoms with Crippen molar-refractivity contribution in [2.45, 2.75) is 44.7 Å². The van der Waals surface area contributed by atoms with Crippen molar-refractivity contribution in [2.75, 3.05) is 39.8 Å². The van der Waals surface area contributed by atoms with Crippen LogP contribution in [0.15, 0.2) is 29.1 Å². The zero-order chi connectivity index (χ0) is 22.1. The topological polar surface area (TPSA) is 92.2 Å². The van der Waals surface area contributed by atoms with Gasteiger partial charge in [-0.2, -0.15) is 0 Å². The van der Waals surface area contributed by atoms with Gasteiger partial charge in [-0.05, 0) is 53.4 Å². The first-order chi connectivity index (χ1) is 15.7. The molecule has 170 valence electrons. The van der Waals surface area contributed by atoms with E-state index in [1.54, 1.807) is 7.11 Å². The number of rotatable bonds is 6. The van der Waals surface area contributed by atoms with E-state index in [1.807, 2.05) is 28.9 Å². The minimum atomic E-state index is -0.278. The average Bonchev–Trinajstić information content (AvgIpc) is 3.52. The summed E-state index contributed by atoms with van der Waals surface area (Å²) in [6.45, 7) is 6.92. The third-order valence-electron chi connectivity index (χ3n) is 7.03. The molecular weight excluding hydrogens is 406 g/mol. The van der Waals surface area contributed by atoms with Crippen molar-refractivity contribution in [3.05, 3.63) is 46.0 Å². The molecule has 2 aliphatic rings. The van der Waals surface area contributed by atoms with Gasteiger partial charge in [-0.3, -0.25) is 9.69 Å². The highest BCUT2D eigenvalue weighted by molar-refractivity contribution is 5.80. The molecule has 2 aromatic heterocycles. The number of fused-ring (bicyclic) bond motifs is 1. The Morgan fingerprint density at radius 1 is 1.16 bits per heavy atom. The Labute approximate surface area is 187 Å².